The van der Waals surface area contributed by atoms with Crippen LogP contribution in [-0.2, 0) is 6.54 Å². The molecule has 0 radical (unpaired) electrons. The lowest BCUT2D eigenvalue weighted by Crippen LogP contribution is -2.27. The molecule has 1 aromatic carbocycles. The van der Waals surface area contributed by atoms with Gasteiger partial charge in [-0.25, -0.2) is 0 Å². The molecule has 0 fully saturated rings. The number of nitrogen functional groups attached to an aromatic ring is 1. The summed E-state index contributed by atoms with van der Waals surface area (Å²) >= 11 is 1.80. The van der Waals surface area contributed by atoms with E-state index < -0.39 is 0 Å². The Hall–Kier alpha value is -1.52. The molecule has 102 valence electrons. The Kier molecular flexibility index (Phi) is 5.24. The van der Waals surface area contributed by atoms with Crippen molar-refractivity contribution in [3.8, 4) is 5.75 Å². The molecule has 0 saturated carbocycles. The summed E-state index contributed by atoms with van der Waals surface area (Å²) in [6, 6.07) is 11.9. The van der Waals surface area contributed by atoms with Gasteiger partial charge in [-0.2, -0.15) is 0 Å². The van der Waals surface area contributed by atoms with E-state index in [4.69, 9.17) is 10.5 Å². The standard InChI is InChI=1S/C15H20N2OS/c1-2-17(12-13-6-5-11-19-13)9-10-18-15-8-4-3-7-14(15)16/h3-8,11H,2,9-10,12,16H2,1H3. The van der Waals surface area contributed by atoms with E-state index in [0.717, 1.165) is 25.4 Å². The highest BCUT2D eigenvalue weighted by molar-refractivity contribution is 7.09. The summed E-state index contributed by atoms with van der Waals surface area (Å²) in [5, 5.41) is 2.12. The summed E-state index contributed by atoms with van der Waals surface area (Å²) < 4.78 is 5.73. The first-order chi connectivity index (χ1) is 9.29. The summed E-state index contributed by atoms with van der Waals surface area (Å²) in [6.45, 7) is 5.74. The van der Waals surface area contributed by atoms with Crippen LogP contribution in [-0.4, -0.2) is 24.6 Å². The van der Waals surface area contributed by atoms with Gasteiger partial charge in [-0.3, -0.25) is 4.90 Å². The molecule has 0 aliphatic rings. The zero-order valence-electron chi connectivity index (χ0n) is 11.2. The van der Waals surface area contributed by atoms with Gasteiger partial charge in [-0.05, 0) is 30.1 Å². The van der Waals surface area contributed by atoms with Crippen molar-refractivity contribution in [2.45, 2.75) is 13.5 Å². The average Bonchev–Trinajstić information content (AvgIpc) is 2.92. The van der Waals surface area contributed by atoms with E-state index in [1.54, 1.807) is 11.3 Å². The highest BCUT2D eigenvalue weighted by Crippen LogP contribution is 2.19. The Morgan fingerprint density at radius 2 is 2.05 bits per heavy atom. The van der Waals surface area contributed by atoms with Crippen molar-refractivity contribution in [3.63, 3.8) is 0 Å². The van der Waals surface area contributed by atoms with E-state index in [1.807, 2.05) is 24.3 Å². The minimum atomic E-state index is 0.660. The van der Waals surface area contributed by atoms with Crippen molar-refractivity contribution in [3.05, 3.63) is 46.7 Å². The lowest BCUT2D eigenvalue weighted by molar-refractivity contribution is 0.212. The summed E-state index contributed by atoms with van der Waals surface area (Å²) in [5.41, 5.74) is 6.54. The number of hydrogen-bond acceptors (Lipinski definition) is 4. The molecule has 2 N–H and O–H groups in total. The van der Waals surface area contributed by atoms with E-state index in [0.29, 0.717) is 12.3 Å². The number of nitrogens with two attached hydrogens (primary N) is 1. The number of rotatable bonds is 7. The Morgan fingerprint density at radius 3 is 2.74 bits per heavy atom. The Morgan fingerprint density at radius 1 is 1.21 bits per heavy atom. The molecule has 0 aliphatic carbocycles. The van der Waals surface area contributed by atoms with Gasteiger partial charge in [0.05, 0.1) is 5.69 Å². The number of anilines is 1. The van der Waals surface area contributed by atoms with E-state index in [9.17, 15) is 0 Å². The maximum absolute atomic E-state index is 5.84. The van der Waals surface area contributed by atoms with Crippen molar-refractivity contribution < 1.29 is 4.74 Å². The summed E-state index contributed by atoms with van der Waals surface area (Å²) in [4.78, 5) is 3.76. The van der Waals surface area contributed by atoms with Crippen LogP contribution in [0.2, 0.25) is 0 Å². The minimum absolute atomic E-state index is 0.660. The number of ether oxygens (including phenoxy) is 1. The second-order valence-electron chi connectivity index (χ2n) is 4.33. The molecule has 0 saturated heterocycles. The second kappa shape index (κ2) is 7.16. The fourth-order valence-electron chi connectivity index (χ4n) is 1.87. The third-order valence-electron chi connectivity index (χ3n) is 2.99. The third-order valence-corrected chi connectivity index (χ3v) is 3.85. The Labute approximate surface area is 118 Å². The van der Waals surface area contributed by atoms with Crippen LogP contribution in [0.4, 0.5) is 5.69 Å². The number of hydrogen-bond donors (Lipinski definition) is 1. The fraction of sp³-hybridized carbons (Fsp3) is 0.333. The van der Waals surface area contributed by atoms with Gasteiger partial charge in [0.1, 0.15) is 12.4 Å². The van der Waals surface area contributed by atoms with Crippen molar-refractivity contribution in [1.29, 1.82) is 0 Å². The summed E-state index contributed by atoms with van der Waals surface area (Å²) in [7, 11) is 0. The van der Waals surface area contributed by atoms with Gasteiger partial charge in [-0.1, -0.05) is 25.1 Å². The SMILES string of the molecule is CCN(CCOc1ccccc1N)Cc1cccs1. The molecular formula is C15H20N2OS. The second-order valence-corrected chi connectivity index (χ2v) is 5.37. The zero-order chi connectivity index (χ0) is 13.5. The van der Waals surface area contributed by atoms with Crippen molar-refractivity contribution in [2.75, 3.05) is 25.4 Å². The fourth-order valence-corrected chi connectivity index (χ4v) is 2.61. The molecule has 0 unspecified atom stereocenters. The lowest BCUT2D eigenvalue weighted by atomic mass is 10.3. The molecule has 0 amide bonds. The van der Waals surface area contributed by atoms with Gasteiger partial charge >= 0.3 is 0 Å². The van der Waals surface area contributed by atoms with Gasteiger partial charge in [0, 0.05) is 18.0 Å². The summed E-state index contributed by atoms with van der Waals surface area (Å²) in [6.07, 6.45) is 0. The number of nitrogens with zero attached hydrogens (tertiary/aromatic N) is 1. The molecular weight excluding hydrogens is 256 g/mol. The normalized spacial score (nSPS) is 10.8. The van der Waals surface area contributed by atoms with Crippen LogP contribution in [0.15, 0.2) is 41.8 Å². The number of thiophene rings is 1. The van der Waals surface area contributed by atoms with E-state index in [2.05, 4.69) is 29.3 Å². The van der Waals surface area contributed by atoms with Gasteiger partial charge in [0.2, 0.25) is 0 Å². The smallest absolute Gasteiger partial charge is 0.142 e. The van der Waals surface area contributed by atoms with Crippen LogP contribution >= 0.6 is 11.3 Å². The van der Waals surface area contributed by atoms with Gasteiger partial charge in [-0.15, -0.1) is 11.3 Å². The van der Waals surface area contributed by atoms with Crippen LogP contribution in [0.25, 0.3) is 0 Å². The molecule has 0 atom stereocenters. The predicted molar refractivity (Wildman–Crippen MR) is 81.6 cm³/mol. The Bertz CT molecular complexity index is 485. The summed E-state index contributed by atoms with van der Waals surface area (Å²) in [5.74, 6) is 0.773. The lowest BCUT2D eigenvalue weighted by Gasteiger charge is -2.20. The number of para-hydroxylation sites is 2. The Balaban J connectivity index is 1.79. The number of benzene rings is 1. The van der Waals surface area contributed by atoms with Gasteiger partial charge in [0.25, 0.3) is 0 Å². The van der Waals surface area contributed by atoms with Crippen molar-refractivity contribution in [1.82, 2.24) is 4.90 Å². The molecule has 19 heavy (non-hydrogen) atoms. The molecule has 0 spiro atoms. The zero-order valence-corrected chi connectivity index (χ0v) is 12.0. The largest absolute Gasteiger partial charge is 0.490 e. The molecule has 2 rings (SSSR count). The maximum Gasteiger partial charge on any atom is 0.142 e. The van der Waals surface area contributed by atoms with E-state index in [-0.39, 0.29) is 0 Å². The average molecular weight is 276 g/mol. The van der Waals surface area contributed by atoms with Crippen LogP contribution in [0.3, 0.4) is 0 Å². The highest BCUT2D eigenvalue weighted by atomic mass is 32.1. The van der Waals surface area contributed by atoms with Crippen LogP contribution in [0.5, 0.6) is 5.75 Å². The van der Waals surface area contributed by atoms with E-state index in [1.165, 1.54) is 4.88 Å². The minimum Gasteiger partial charge on any atom is -0.490 e. The molecule has 3 nitrogen and oxygen atoms in total. The first-order valence-electron chi connectivity index (χ1n) is 6.51. The molecule has 4 heteroatoms. The first kappa shape index (κ1) is 13.9. The molecule has 0 aliphatic heterocycles. The van der Waals surface area contributed by atoms with Crippen molar-refractivity contribution in [2.24, 2.45) is 0 Å². The molecule has 0 bridgehead atoms. The number of likely N-dealkylation sites (N-methyl/N-ethyl adjacent to an activating group) is 1. The maximum atomic E-state index is 5.84. The first-order valence-corrected chi connectivity index (χ1v) is 7.39. The molecule has 1 heterocycles. The van der Waals surface area contributed by atoms with Crippen LogP contribution in [0.1, 0.15) is 11.8 Å². The van der Waals surface area contributed by atoms with Crippen molar-refractivity contribution >= 4 is 17.0 Å². The van der Waals surface area contributed by atoms with Gasteiger partial charge < -0.3 is 10.5 Å². The third kappa shape index (κ3) is 4.26. The van der Waals surface area contributed by atoms with Gasteiger partial charge in [0.15, 0.2) is 0 Å². The highest BCUT2D eigenvalue weighted by Gasteiger charge is 2.05. The monoisotopic (exact) mass is 276 g/mol. The molecule has 1 aromatic heterocycles. The predicted octanol–water partition coefficient (Wildman–Crippen LogP) is 3.23. The molecule has 2 aromatic rings. The topological polar surface area (TPSA) is 38.5 Å². The van der Waals surface area contributed by atoms with Crippen LogP contribution < -0.4 is 10.5 Å². The quantitative estimate of drug-likeness (QED) is 0.789. The van der Waals surface area contributed by atoms with Crippen LogP contribution in [0, 0.1) is 0 Å². The van der Waals surface area contributed by atoms with E-state index >= 15 is 0 Å².